The van der Waals surface area contributed by atoms with Crippen molar-refractivity contribution in [2.45, 2.75) is 0 Å². The smallest absolute Gasteiger partial charge is 0.164 e. The molecule has 0 spiro atoms. The second kappa shape index (κ2) is 4.19. The standard InChI is InChI=1S/C18H13OP/c19-20(16-9-2-1-3-10-16)13-12-15-7-4-6-14-8-5-11-17(20)18(14)15/h1-13H. The fourth-order valence-corrected chi connectivity index (χ4v) is 5.40. The Bertz CT molecular complexity index is 873. The van der Waals surface area contributed by atoms with Crippen LogP contribution in [-0.2, 0) is 4.57 Å². The Balaban J connectivity index is 2.11. The Hall–Kier alpha value is -2.11. The molecule has 1 nitrogen and oxygen atoms in total. The molecule has 0 N–H and O–H groups in total. The maximum absolute atomic E-state index is 13.6. The second-order valence-corrected chi connectivity index (χ2v) is 7.64. The first-order valence-corrected chi connectivity index (χ1v) is 8.43. The first-order valence-electron chi connectivity index (χ1n) is 6.66. The minimum Gasteiger partial charge on any atom is -0.309 e. The highest BCUT2D eigenvalue weighted by atomic mass is 31.2. The lowest BCUT2D eigenvalue weighted by atomic mass is 10.0. The van der Waals surface area contributed by atoms with Gasteiger partial charge in [-0.2, -0.15) is 0 Å². The Labute approximate surface area is 117 Å². The molecule has 1 heterocycles. The van der Waals surface area contributed by atoms with E-state index in [4.69, 9.17) is 0 Å². The van der Waals surface area contributed by atoms with E-state index in [1.807, 2.05) is 60.4 Å². The molecule has 1 unspecified atom stereocenters. The van der Waals surface area contributed by atoms with E-state index in [1.54, 1.807) is 0 Å². The molecule has 2 heteroatoms. The average molecular weight is 276 g/mol. The predicted molar refractivity (Wildman–Crippen MR) is 86.3 cm³/mol. The van der Waals surface area contributed by atoms with Gasteiger partial charge in [-0.25, -0.2) is 0 Å². The van der Waals surface area contributed by atoms with Crippen molar-refractivity contribution in [3.63, 3.8) is 0 Å². The fraction of sp³-hybridized carbons (Fsp3) is 0. The van der Waals surface area contributed by atoms with Crippen molar-refractivity contribution in [3.05, 3.63) is 78.1 Å². The van der Waals surface area contributed by atoms with Crippen molar-refractivity contribution in [2.24, 2.45) is 0 Å². The van der Waals surface area contributed by atoms with Crippen molar-refractivity contribution < 1.29 is 4.57 Å². The summed E-state index contributed by atoms with van der Waals surface area (Å²) >= 11 is 0. The van der Waals surface area contributed by atoms with Crippen LogP contribution >= 0.6 is 7.14 Å². The summed E-state index contributed by atoms with van der Waals surface area (Å²) < 4.78 is 13.6. The van der Waals surface area contributed by atoms with Crippen LogP contribution in [0.3, 0.4) is 0 Å². The summed E-state index contributed by atoms with van der Waals surface area (Å²) in [6.45, 7) is 0. The van der Waals surface area contributed by atoms with Crippen LogP contribution in [-0.4, -0.2) is 0 Å². The summed E-state index contributed by atoms with van der Waals surface area (Å²) in [5.74, 6) is 1.89. The third-order valence-electron chi connectivity index (χ3n) is 3.88. The van der Waals surface area contributed by atoms with Crippen molar-refractivity contribution in [1.82, 2.24) is 0 Å². The molecule has 0 saturated carbocycles. The van der Waals surface area contributed by atoms with Gasteiger partial charge < -0.3 is 4.57 Å². The zero-order valence-electron chi connectivity index (χ0n) is 10.9. The molecule has 20 heavy (non-hydrogen) atoms. The Morgan fingerprint density at radius 2 is 1.50 bits per heavy atom. The van der Waals surface area contributed by atoms with Gasteiger partial charge in [0.25, 0.3) is 0 Å². The highest BCUT2D eigenvalue weighted by molar-refractivity contribution is 7.82. The molecule has 0 radical (unpaired) electrons. The van der Waals surface area contributed by atoms with E-state index in [0.717, 1.165) is 26.9 Å². The van der Waals surface area contributed by atoms with E-state index < -0.39 is 7.14 Å². The summed E-state index contributed by atoms with van der Waals surface area (Å²) in [7, 11) is -2.65. The van der Waals surface area contributed by atoms with Crippen molar-refractivity contribution in [3.8, 4) is 0 Å². The van der Waals surface area contributed by atoms with Gasteiger partial charge in [0.1, 0.15) is 0 Å². The van der Waals surface area contributed by atoms with E-state index in [-0.39, 0.29) is 0 Å². The van der Waals surface area contributed by atoms with Crippen molar-refractivity contribution in [1.29, 1.82) is 0 Å². The van der Waals surface area contributed by atoms with Crippen LogP contribution in [0, 0.1) is 0 Å². The largest absolute Gasteiger partial charge is 0.309 e. The van der Waals surface area contributed by atoms with Crippen LogP contribution in [0.15, 0.2) is 72.5 Å². The quantitative estimate of drug-likeness (QED) is 0.610. The van der Waals surface area contributed by atoms with Gasteiger partial charge >= 0.3 is 0 Å². The van der Waals surface area contributed by atoms with Crippen LogP contribution < -0.4 is 10.6 Å². The summed E-state index contributed by atoms with van der Waals surface area (Å²) in [6.07, 6.45) is 2.00. The number of rotatable bonds is 1. The van der Waals surface area contributed by atoms with Crippen LogP contribution in [0.25, 0.3) is 16.8 Å². The molecule has 0 aliphatic carbocycles. The van der Waals surface area contributed by atoms with E-state index >= 15 is 0 Å². The molecule has 0 saturated heterocycles. The summed E-state index contributed by atoms with van der Waals surface area (Å²) in [6, 6.07) is 22.1. The average Bonchev–Trinajstić information content (AvgIpc) is 2.52. The third kappa shape index (κ3) is 1.54. The maximum atomic E-state index is 13.6. The third-order valence-corrected chi connectivity index (χ3v) is 6.60. The van der Waals surface area contributed by atoms with Gasteiger partial charge in [0.2, 0.25) is 0 Å². The number of hydrogen-bond acceptors (Lipinski definition) is 1. The topological polar surface area (TPSA) is 17.1 Å². The molecule has 0 amide bonds. The van der Waals surface area contributed by atoms with Gasteiger partial charge in [-0.3, -0.25) is 0 Å². The monoisotopic (exact) mass is 276 g/mol. The maximum Gasteiger partial charge on any atom is 0.164 e. The van der Waals surface area contributed by atoms with Gasteiger partial charge in [0, 0.05) is 16.0 Å². The molecule has 0 bridgehead atoms. The first-order chi connectivity index (χ1) is 9.79. The summed E-state index contributed by atoms with van der Waals surface area (Å²) in [5.41, 5.74) is 1.15. The van der Waals surface area contributed by atoms with E-state index in [2.05, 4.69) is 18.2 Å². The predicted octanol–water partition coefficient (Wildman–Crippen LogP) is 4.14. The molecule has 1 aliphatic heterocycles. The van der Waals surface area contributed by atoms with Gasteiger partial charge in [-0.05, 0) is 16.8 Å². The van der Waals surface area contributed by atoms with E-state index in [1.165, 1.54) is 0 Å². The highest BCUT2D eigenvalue weighted by Crippen LogP contribution is 2.50. The van der Waals surface area contributed by atoms with Gasteiger partial charge in [-0.1, -0.05) is 72.8 Å². The Kier molecular flexibility index (Phi) is 2.45. The van der Waals surface area contributed by atoms with Crippen molar-refractivity contribution in [2.75, 3.05) is 0 Å². The van der Waals surface area contributed by atoms with Gasteiger partial charge in [-0.15, -0.1) is 0 Å². The van der Waals surface area contributed by atoms with Crippen LogP contribution in [0.2, 0.25) is 0 Å². The molecular weight excluding hydrogens is 263 g/mol. The lowest BCUT2D eigenvalue weighted by molar-refractivity contribution is 0.592. The molecule has 4 rings (SSSR count). The van der Waals surface area contributed by atoms with Gasteiger partial charge in [0.15, 0.2) is 7.14 Å². The van der Waals surface area contributed by atoms with Crippen molar-refractivity contribution >= 4 is 34.6 Å². The van der Waals surface area contributed by atoms with Crippen LogP contribution in [0.1, 0.15) is 5.56 Å². The number of hydrogen-bond donors (Lipinski definition) is 0. The van der Waals surface area contributed by atoms with Crippen LogP contribution in [0.5, 0.6) is 0 Å². The molecular formula is C18H13OP. The summed E-state index contributed by atoms with van der Waals surface area (Å²) in [5, 5.41) is 4.14. The fourth-order valence-electron chi connectivity index (χ4n) is 2.91. The normalized spacial score (nSPS) is 20.2. The Morgan fingerprint density at radius 3 is 2.30 bits per heavy atom. The highest BCUT2D eigenvalue weighted by Gasteiger charge is 2.29. The molecule has 3 aromatic carbocycles. The lowest BCUT2D eigenvalue weighted by Crippen LogP contribution is -2.17. The zero-order valence-corrected chi connectivity index (χ0v) is 11.8. The minimum absolute atomic E-state index is 0.901. The lowest BCUT2D eigenvalue weighted by Gasteiger charge is -2.22. The van der Waals surface area contributed by atoms with Gasteiger partial charge in [0.05, 0.1) is 0 Å². The van der Waals surface area contributed by atoms with E-state index in [9.17, 15) is 4.57 Å². The SMILES string of the molecule is O=P1(c2ccccc2)C=Cc2cccc3cccc1c23. The molecule has 0 fully saturated rings. The second-order valence-electron chi connectivity index (χ2n) is 5.03. The molecule has 1 aliphatic rings. The van der Waals surface area contributed by atoms with E-state index in [0.29, 0.717) is 0 Å². The molecule has 0 aromatic heterocycles. The minimum atomic E-state index is -2.65. The summed E-state index contributed by atoms with van der Waals surface area (Å²) in [4.78, 5) is 0. The first kappa shape index (κ1) is 11.7. The molecule has 96 valence electrons. The zero-order chi connectivity index (χ0) is 13.6. The molecule has 1 atom stereocenters. The Morgan fingerprint density at radius 1 is 0.750 bits per heavy atom. The molecule has 3 aromatic rings. The number of benzene rings is 3. The van der Waals surface area contributed by atoms with Crippen LogP contribution in [0.4, 0.5) is 0 Å².